The Kier molecular flexibility index (Phi) is 6.54. The Morgan fingerprint density at radius 2 is 1.77 bits per heavy atom. The second-order valence-corrected chi connectivity index (χ2v) is 9.95. The van der Waals surface area contributed by atoms with Crippen molar-refractivity contribution in [1.82, 2.24) is 20.0 Å². The zero-order chi connectivity index (χ0) is 25.5. The summed E-state index contributed by atoms with van der Waals surface area (Å²) in [4.78, 5) is 28.8. The van der Waals surface area contributed by atoms with Crippen LogP contribution in [0.1, 0.15) is 72.4 Å². The van der Waals surface area contributed by atoms with Gasteiger partial charge in [-0.3, -0.25) is 9.89 Å². The second kappa shape index (κ2) is 9.16. The highest BCUT2D eigenvalue weighted by molar-refractivity contribution is 5.94. The summed E-state index contributed by atoms with van der Waals surface area (Å²) in [6, 6.07) is 2.98. The Balaban J connectivity index is 1.46. The first-order chi connectivity index (χ1) is 16.3. The first kappa shape index (κ1) is 25.0. The Hall–Kier alpha value is -3.11. The normalized spacial score (nSPS) is 17.3. The molecule has 2 aliphatic heterocycles. The summed E-state index contributed by atoms with van der Waals surface area (Å²) < 4.78 is 60.1. The molecule has 0 atom stereocenters. The fourth-order valence-corrected chi connectivity index (χ4v) is 4.67. The maximum atomic E-state index is 14.4. The zero-order valence-corrected chi connectivity index (χ0v) is 19.8. The number of aromatic amines is 1. The number of amides is 2. The van der Waals surface area contributed by atoms with E-state index in [2.05, 4.69) is 10.2 Å². The van der Waals surface area contributed by atoms with Crippen molar-refractivity contribution in [3.05, 3.63) is 52.1 Å². The average molecular weight is 497 g/mol. The van der Waals surface area contributed by atoms with E-state index in [1.807, 2.05) is 0 Å². The monoisotopic (exact) mass is 496 g/mol. The third-order valence-corrected chi connectivity index (χ3v) is 6.34. The van der Waals surface area contributed by atoms with Crippen molar-refractivity contribution < 1.29 is 31.9 Å². The highest BCUT2D eigenvalue weighted by atomic mass is 19.4. The summed E-state index contributed by atoms with van der Waals surface area (Å²) in [5, 5.41) is 7.04. The maximum Gasteiger partial charge on any atom is 0.416 e. The molecule has 0 aliphatic carbocycles. The van der Waals surface area contributed by atoms with Crippen molar-refractivity contribution >= 4 is 12.0 Å². The number of halogens is 4. The van der Waals surface area contributed by atoms with Crippen molar-refractivity contribution in [3.8, 4) is 0 Å². The standard InChI is InChI=1S/C24H28F4N4O3/c1-23(2,3)35-22(34)32-12-9-18-15(13-32)20(30-29-18)21(33)31-10-7-14(8-11-31)19-16(24(26,27)28)5-4-6-17(19)25/h4-6,14H,7-13H2,1-3H3,(H,29,30). The summed E-state index contributed by atoms with van der Waals surface area (Å²) in [5.74, 6) is -1.89. The molecule has 1 aromatic carbocycles. The fraction of sp³-hybridized carbons (Fsp3) is 0.542. The van der Waals surface area contributed by atoms with Gasteiger partial charge in [-0.1, -0.05) is 6.07 Å². The summed E-state index contributed by atoms with van der Waals surface area (Å²) in [7, 11) is 0. The molecule has 2 amide bonds. The van der Waals surface area contributed by atoms with Gasteiger partial charge in [0.25, 0.3) is 5.91 Å². The van der Waals surface area contributed by atoms with Crippen molar-refractivity contribution in [3.63, 3.8) is 0 Å². The van der Waals surface area contributed by atoms with Gasteiger partial charge in [-0.15, -0.1) is 0 Å². The molecule has 1 N–H and O–H groups in total. The van der Waals surface area contributed by atoms with E-state index in [9.17, 15) is 27.2 Å². The molecule has 35 heavy (non-hydrogen) atoms. The first-order valence-corrected chi connectivity index (χ1v) is 11.5. The molecular formula is C24H28F4N4O3. The molecule has 0 saturated carbocycles. The third-order valence-electron chi connectivity index (χ3n) is 6.34. The third kappa shape index (κ3) is 5.28. The molecule has 1 saturated heterocycles. The van der Waals surface area contributed by atoms with Gasteiger partial charge in [-0.25, -0.2) is 9.18 Å². The number of hydrogen-bond donors (Lipinski definition) is 1. The first-order valence-electron chi connectivity index (χ1n) is 11.5. The number of hydrogen-bond acceptors (Lipinski definition) is 4. The molecule has 0 spiro atoms. The molecule has 2 aromatic rings. The van der Waals surface area contributed by atoms with Gasteiger partial charge in [0.05, 0.1) is 12.1 Å². The fourth-order valence-electron chi connectivity index (χ4n) is 4.67. The van der Waals surface area contributed by atoms with E-state index in [0.29, 0.717) is 18.5 Å². The van der Waals surface area contributed by atoms with Gasteiger partial charge in [-0.2, -0.15) is 18.3 Å². The van der Waals surface area contributed by atoms with Crippen molar-refractivity contribution in [2.45, 2.75) is 64.3 Å². The number of nitrogens with zero attached hydrogens (tertiary/aromatic N) is 3. The molecule has 0 radical (unpaired) electrons. The van der Waals surface area contributed by atoms with Crippen molar-refractivity contribution in [1.29, 1.82) is 0 Å². The van der Waals surface area contributed by atoms with Crippen LogP contribution in [0.5, 0.6) is 0 Å². The smallest absolute Gasteiger partial charge is 0.416 e. The van der Waals surface area contributed by atoms with Gasteiger partial charge < -0.3 is 14.5 Å². The molecule has 190 valence electrons. The van der Waals surface area contributed by atoms with E-state index < -0.39 is 35.2 Å². The van der Waals surface area contributed by atoms with Gasteiger partial charge in [-0.05, 0) is 51.7 Å². The van der Waals surface area contributed by atoms with E-state index in [1.165, 1.54) is 9.80 Å². The predicted molar refractivity (Wildman–Crippen MR) is 118 cm³/mol. The van der Waals surface area contributed by atoms with E-state index in [0.717, 1.165) is 23.9 Å². The number of nitrogens with one attached hydrogen (secondary N) is 1. The number of piperidine rings is 1. The molecule has 11 heteroatoms. The highest BCUT2D eigenvalue weighted by Gasteiger charge is 2.39. The lowest BCUT2D eigenvalue weighted by Gasteiger charge is -2.33. The molecule has 0 unspecified atom stereocenters. The largest absolute Gasteiger partial charge is 0.444 e. The summed E-state index contributed by atoms with van der Waals surface area (Å²) in [6.45, 7) is 6.26. The SMILES string of the molecule is CC(C)(C)OC(=O)N1CCc2[nH]nc(C(=O)N3CCC(c4c(F)cccc4C(F)(F)F)CC3)c2C1. The topological polar surface area (TPSA) is 78.5 Å². The molecule has 4 rings (SSSR count). The zero-order valence-electron chi connectivity index (χ0n) is 19.8. The van der Waals surface area contributed by atoms with Gasteiger partial charge in [0.15, 0.2) is 5.69 Å². The minimum absolute atomic E-state index is 0.169. The van der Waals surface area contributed by atoms with Gasteiger partial charge in [0, 0.05) is 42.9 Å². The lowest BCUT2D eigenvalue weighted by molar-refractivity contribution is -0.138. The van der Waals surface area contributed by atoms with Crippen LogP contribution in [0.25, 0.3) is 0 Å². The van der Waals surface area contributed by atoms with Gasteiger partial charge in [0.2, 0.25) is 0 Å². The number of rotatable bonds is 2. The Morgan fingerprint density at radius 1 is 1.09 bits per heavy atom. The maximum absolute atomic E-state index is 14.4. The van der Waals surface area contributed by atoms with Crippen LogP contribution in [0.15, 0.2) is 18.2 Å². The Bertz CT molecular complexity index is 1110. The van der Waals surface area contributed by atoms with Crippen LogP contribution < -0.4 is 0 Å². The second-order valence-electron chi connectivity index (χ2n) is 9.95. The number of ether oxygens (including phenoxy) is 1. The van der Waals surface area contributed by atoms with Crippen molar-refractivity contribution in [2.24, 2.45) is 0 Å². The van der Waals surface area contributed by atoms with Gasteiger partial charge in [0.1, 0.15) is 11.4 Å². The summed E-state index contributed by atoms with van der Waals surface area (Å²) >= 11 is 0. The van der Waals surface area contributed by atoms with Crippen LogP contribution >= 0.6 is 0 Å². The van der Waals surface area contributed by atoms with Crippen LogP contribution in [0.2, 0.25) is 0 Å². The predicted octanol–water partition coefficient (Wildman–Crippen LogP) is 4.88. The number of aromatic nitrogens is 2. The van der Waals surface area contributed by atoms with E-state index in [1.54, 1.807) is 20.8 Å². The van der Waals surface area contributed by atoms with Gasteiger partial charge >= 0.3 is 12.3 Å². The van der Waals surface area contributed by atoms with Crippen LogP contribution in [-0.2, 0) is 23.9 Å². The summed E-state index contributed by atoms with van der Waals surface area (Å²) in [6.07, 6.45) is -4.24. The number of carbonyl (C=O) groups is 2. The molecule has 1 aromatic heterocycles. The molecule has 2 aliphatic rings. The minimum atomic E-state index is -4.65. The van der Waals surface area contributed by atoms with E-state index in [-0.39, 0.29) is 49.6 Å². The van der Waals surface area contributed by atoms with E-state index in [4.69, 9.17) is 4.74 Å². The number of benzene rings is 1. The van der Waals surface area contributed by atoms with E-state index >= 15 is 0 Å². The van der Waals surface area contributed by atoms with Crippen LogP contribution in [-0.4, -0.2) is 57.2 Å². The quantitative estimate of drug-likeness (QED) is 0.601. The number of fused-ring (bicyclic) bond motifs is 1. The van der Waals surface area contributed by atoms with Crippen molar-refractivity contribution in [2.75, 3.05) is 19.6 Å². The molecule has 0 bridgehead atoms. The Labute approximate surface area is 200 Å². The van der Waals surface area contributed by atoms with Crippen LogP contribution in [0.4, 0.5) is 22.4 Å². The number of carbonyl (C=O) groups excluding carboxylic acids is 2. The number of alkyl halides is 3. The molecular weight excluding hydrogens is 468 g/mol. The number of H-pyrrole nitrogens is 1. The summed E-state index contributed by atoms with van der Waals surface area (Å²) in [5.41, 5.74) is -0.385. The highest BCUT2D eigenvalue weighted by Crippen LogP contribution is 2.40. The average Bonchev–Trinajstić information content (AvgIpc) is 3.20. The molecule has 7 nitrogen and oxygen atoms in total. The minimum Gasteiger partial charge on any atom is -0.444 e. The van der Waals surface area contributed by atoms with Crippen LogP contribution in [0, 0.1) is 5.82 Å². The lowest BCUT2D eigenvalue weighted by Crippen LogP contribution is -2.41. The number of likely N-dealkylation sites (tertiary alicyclic amines) is 1. The van der Waals surface area contributed by atoms with Crippen LogP contribution in [0.3, 0.4) is 0 Å². The lowest BCUT2D eigenvalue weighted by atomic mass is 9.85. The Morgan fingerprint density at radius 3 is 2.40 bits per heavy atom. The molecule has 1 fully saturated rings. The molecule has 3 heterocycles.